The van der Waals surface area contributed by atoms with Crippen LogP contribution in [-0.2, 0) is 0 Å². The third-order valence-electron chi connectivity index (χ3n) is 1.76. The molecule has 0 bridgehead atoms. The van der Waals surface area contributed by atoms with Crippen LogP contribution in [0, 0.1) is 10.1 Å². The number of rotatable bonds is 5. The van der Waals surface area contributed by atoms with E-state index in [-0.39, 0.29) is 16.6 Å². The summed E-state index contributed by atoms with van der Waals surface area (Å²) in [6, 6.07) is 1.37. The quantitative estimate of drug-likeness (QED) is 0.443. The van der Waals surface area contributed by atoms with Gasteiger partial charge in [-0.25, -0.2) is 4.98 Å². The van der Waals surface area contributed by atoms with Crippen molar-refractivity contribution < 1.29 is 9.66 Å². The molecule has 0 atom stereocenters. The molecule has 6 heteroatoms. The molecule has 0 saturated carbocycles. The molecule has 0 aliphatic rings. The van der Waals surface area contributed by atoms with Crippen LogP contribution >= 0.6 is 11.6 Å². The summed E-state index contributed by atoms with van der Waals surface area (Å²) in [4.78, 5) is 13.9. The minimum absolute atomic E-state index is 0.0130. The smallest absolute Gasteiger partial charge is 0.349 e. The van der Waals surface area contributed by atoms with Crippen molar-refractivity contribution in [2.24, 2.45) is 0 Å². The van der Waals surface area contributed by atoms with E-state index in [2.05, 4.69) is 4.98 Å². The van der Waals surface area contributed by atoms with Gasteiger partial charge in [-0.2, -0.15) is 0 Å². The molecule has 0 N–H and O–H groups in total. The Morgan fingerprint density at radius 2 is 2.40 bits per heavy atom. The molecule has 0 spiro atoms. The highest BCUT2D eigenvalue weighted by molar-refractivity contribution is 6.32. The summed E-state index contributed by atoms with van der Waals surface area (Å²) in [7, 11) is 0. The highest BCUT2D eigenvalue weighted by atomic mass is 35.5. The normalized spacial score (nSPS) is 10.0. The molecule has 0 aliphatic heterocycles. The third-order valence-corrected chi connectivity index (χ3v) is 2.07. The number of hydrogen-bond donors (Lipinski definition) is 0. The van der Waals surface area contributed by atoms with Crippen LogP contribution in [-0.4, -0.2) is 16.5 Å². The predicted octanol–water partition coefficient (Wildman–Crippen LogP) is 2.82. The number of halogens is 1. The van der Waals surface area contributed by atoms with Gasteiger partial charge in [0, 0.05) is 6.20 Å². The van der Waals surface area contributed by atoms with Crippen LogP contribution in [0.3, 0.4) is 0 Å². The summed E-state index contributed by atoms with van der Waals surface area (Å²) < 4.78 is 5.18. The average Bonchev–Trinajstić information content (AvgIpc) is 2.17. The lowest BCUT2D eigenvalue weighted by Gasteiger charge is -2.04. The van der Waals surface area contributed by atoms with Crippen molar-refractivity contribution in [1.29, 1.82) is 0 Å². The van der Waals surface area contributed by atoms with Crippen LogP contribution in [0.25, 0.3) is 0 Å². The summed E-state index contributed by atoms with van der Waals surface area (Å²) >= 11 is 5.68. The number of unbranched alkanes of at least 4 members (excludes halogenated alkanes) is 1. The van der Waals surface area contributed by atoms with E-state index in [4.69, 9.17) is 16.3 Å². The second-order valence-electron chi connectivity index (χ2n) is 2.91. The van der Waals surface area contributed by atoms with Gasteiger partial charge in [0.15, 0.2) is 0 Å². The summed E-state index contributed by atoms with van der Waals surface area (Å²) in [6.45, 7) is 2.41. The highest BCUT2D eigenvalue weighted by Crippen LogP contribution is 2.31. The van der Waals surface area contributed by atoms with E-state index in [0.717, 1.165) is 12.8 Å². The van der Waals surface area contributed by atoms with Gasteiger partial charge < -0.3 is 4.74 Å². The van der Waals surface area contributed by atoms with E-state index in [1.54, 1.807) is 0 Å². The second kappa shape index (κ2) is 5.50. The van der Waals surface area contributed by atoms with E-state index >= 15 is 0 Å². The van der Waals surface area contributed by atoms with E-state index in [1.807, 2.05) is 6.92 Å². The summed E-state index contributed by atoms with van der Waals surface area (Å²) in [5.41, 5.74) is -0.268. The van der Waals surface area contributed by atoms with Gasteiger partial charge in [-0.3, -0.25) is 10.1 Å². The molecule has 1 rings (SSSR count). The van der Waals surface area contributed by atoms with E-state index in [1.165, 1.54) is 12.3 Å². The first-order chi connectivity index (χ1) is 7.16. The molecule has 0 fully saturated rings. The molecule has 1 heterocycles. The van der Waals surface area contributed by atoms with Crippen molar-refractivity contribution in [3.63, 3.8) is 0 Å². The number of ether oxygens (including phenoxy) is 1. The largest absolute Gasteiger partial charge is 0.473 e. The zero-order chi connectivity index (χ0) is 11.3. The monoisotopic (exact) mass is 230 g/mol. The lowest BCUT2D eigenvalue weighted by atomic mass is 10.3. The maximum atomic E-state index is 10.7. The molecule has 0 radical (unpaired) electrons. The molecule has 0 saturated heterocycles. The van der Waals surface area contributed by atoms with Crippen molar-refractivity contribution in [2.75, 3.05) is 6.61 Å². The van der Waals surface area contributed by atoms with Gasteiger partial charge >= 0.3 is 5.69 Å². The first-order valence-electron chi connectivity index (χ1n) is 4.58. The fraction of sp³-hybridized carbons (Fsp3) is 0.444. The van der Waals surface area contributed by atoms with Crippen LogP contribution in [0.5, 0.6) is 5.88 Å². The first kappa shape index (κ1) is 11.7. The molecule has 82 valence electrons. The Labute approximate surface area is 92.2 Å². The number of pyridine rings is 1. The maximum Gasteiger partial charge on any atom is 0.349 e. The van der Waals surface area contributed by atoms with Crippen molar-refractivity contribution >= 4 is 17.3 Å². The molecular weight excluding hydrogens is 220 g/mol. The van der Waals surface area contributed by atoms with Crippen LogP contribution in [0.1, 0.15) is 19.8 Å². The zero-order valence-corrected chi connectivity index (χ0v) is 9.03. The fourth-order valence-corrected chi connectivity index (χ4v) is 1.20. The van der Waals surface area contributed by atoms with Crippen LogP contribution in [0.2, 0.25) is 5.02 Å². The van der Waals surface area contributed by atoms with Gasteiger partial charge in [0.2, 0.25) is 0 Å². The van der Waals surface area contributed by atoms with Crippen LogP contribution < -0.4 is 4.74 Å². The van der Waals surface area contributed by atoms with Gasteiger partial charge in [-0.15, -0.1) is 0 Å². The minimum atomic E-state index is -0.587. The Morgan fingerprint density at radius 1 is 1.67 bits per heavy atom. The maximum absolute atomic E-state index is 10.7. The third kappa shape index (κ3) is 3.06. The van der Waals surface area contributed by atoms with E-state index < -0.39 is 4.92 Å². The lowest BCUT2D eigenvalue weighted by Crippen LogP contribution is -2.02. The lowest BCUT2D eigenvalue weighted by molar-refractivity contribution is -0.386. The number of nitro groups is 1. The van der Waals surface area contributed by atoms with E-state index in [0.29, 0.717) is 6.61 Å². The Hall–Kier alpha value is -1.36. The fourth-order valence-electron chi connectivity index (χ4n) is 0.997. The van der Waals surface area contributed by atoms with Gasteiger partial charge in [0.25, 0.3) is 5.88 Å². The standard InChI is InChI=1S/C9H11ClN2O3/c1-2-3-6-15-9-8(12(13)14)7(10)4-5-11-9/h4-5H,2-3,6H2,1H3. The highest BCUT2D eigenvalue weighted by Gasteiger charge is 2.21. The number of hydrogen-bond acceptors (Lipinski definition) is 4. The topological polar surface area (TPSA) is 65.3 Å². The van der Waals surface area contributed by atoms with Crippen LogP contribution in [0.4, 0.5) is 5.69 Å². The molecular formula is C9H11ClN2O3. The van der Waals surface area contributed by atoms with Gasteiger partial charge in [0.1, 0.15) is 5.02 Å². The molecule has 5 nitrogen and oxygen atoms in total. The number of nitrogens with zero attached hydrogens (tertiary/aromatic N) is 2. The number of aromatic nitrogens is 1. The average molecular weight is 231 g/mol. The van der Waals surface area contributed by atoms with Gasteiger partial charge in [-0.1, -0.05) is 24.9 Å². The summed E-state index contributed by atoms with van der Waals surface area (Å²) in [5, 5.41) is 10.7. The van der Waals surface area contributed by atoms with E-state index in [9.17, 15) is 10.1 Å². The Morgan fingerprint density at radius 3 is 3.00 bits per heavy atom. The molecule has 0 aliphatic carbocycles. The molecule has 15 heavy (non-hydrogen) atoms. The Bertz CT molecular complexity index is 357. The SMILES string of the molecule is CCCCOc1nccc(Cl)c1[N+](=O)[O-]. The summed E-state index contributed by atoms with van der Waals surface area (Å²) in [5.74, 6) is -0.0130. The Balaban J connectivity index is 2.86. The molecule has 0 unspecified atom stereocenters. The van der Waals surface area contributed by atoms with Crippen LogP contribution in [0.15, 0.2) is 12.3 Å². The Kier molecular flexibility index (Phi) is 4.30. The zero-order valence-electron chi connectivity index (χ0n) is 8.27. The van der Waals surface area contributed by atoms with Crippen molar-refractivity contribution in [2.45, 2.75) is 19.8 Å². The minimum Gasteiger partial charge on any atom is -0.473 e. The van der Waals surface area contributed by atoms with Gasteiger partial charge in [-0.05, 0) is 12.5 Å². The first-order valence-corrected chi connectivity index (χ1v) is 4.96. The second-order valence-corrected chi connectivity index (χ2v) is 3.31. The molecule has 1 aromatic rings. The predicted molar refractivity (Wildman–Crippen MR) is 56.3 cm³/mol. The van der Waals surface area contributed by atoms with Crippen molar-refractivity contribution in [3.8, 4) is 5.88 Å². The summed E-state index contributed by atoms with van der Waals surface area (Å²) in [6.07, 6.45) is 3.16. The van der Waals surface area contributed by atoms with Crippen molar-refractivity contribution in [3.05, 3.63) is 27.4 Å². The molecule has 0 amide bonds. The van der Waals surface area contributed by atoms with Gasteiger partial charge in [0.05, 0.1) is 11.5 Å². The van der Waals surface area contributed by atoms with Crippen molar-refractivity contribution in [1.82, 2.24) is 4.98 Å². The molecule has 1 aromatic heterocycles. The molecule has 0 aromatic carbocycles.